The molecule has 1 saturated carbocycles. The third kappa shape index (κ3) is 4.60. The highest BCUT2D eigenvalue weighted by Gasteiger charge is 2.32. The van der Waals surface area contributed by atoms with Gasteiger partial charge in [-0.2, -0.15) is 0 Å². The molecule has 1 saturated heterocycles. The van der Waals surface area contributed by atoms with E-state index in [1.54, 1.807) is 24.3 Å². The summed E-state index contributed by atoms with van der Waals surface area (Å²) in [5, 5.41) is 3.52. The number of nitrogens with zero attached hydrogens (tertiary/aromatic N) is 1. The van der Waals surface area contributed by atoms with Crippen molar-refractivity contribution in [1.82, 2.24) is 10.2 Å². The molecule has 1 N–H and O–H groups in total. The standard InChI is InChI=1S/C16H21ClN2O3/c17-12-1-5-14(6-2-12)22-11-16(20)18-9-15-10-19(7-8-21-15)13-3-4-13/h1-2,5-6,13,15H,3-4,7-11H2,(H,18,20)/t15-/m0/s1. The van der Waals surface area contributed by atoms with Gasteiger partial charge in [0.1, 0.15) is 5.75 Å². The number of benzene rings is 1. The van der Waals surface area contributed by atoms with E-state index in [1.807, 2.05) is 0 Å². The molecule has 0 radical (unpaired) electrons. The van der Waals surface area contributed by atoms with Crippen LogP contribution in [0.15, 0.2) is 24.3 Å². The first kappa shape index (κ1) is 15.6. The van der Waals surface area contributed by atoms with Gasteiger partial charge in [-0.3, -0.25) is 9.69 Å². The van der Waals surface area contributed by atoms with Crippen molar-refractivity contribution in [3.63, 3.8) is 0 Å². The van der Waals surface area contributed by atoms with E-state index in [0.29, 0.717) is 17.3 Å². The molecule has 0 bridgehead atoms. The molecular weight excluding hydrogens is 304 g/mol. The van der Waals surface area contributed by atoms with Gasteiger partial charge in [0.25, 0.3) is 5.91 Å². The van der Waals surface area contributed by atoms with Gasteiger partial charge in [-0.05, 0) is 37.1 Å². The van der Waals surface area contributed by atoms with Crippen LogP contribution in [0.4, 0.5) is 0 Å². The largest absolute Gasteiger partial charge is 0.484 e. The Bertz CT molecular complexity index is 505. The summed E-state index contributed by atoms with van der Waals surface area (Å²) >= 11 is 5.80. The maximum atomic E-state index is 11.8. The summed E-state index contributed by atoms with van der Waals surface area (Å²) < 4.78 is 11.1. The van der Waals surface area contributed by atoms with Crippen molar-refractivity contribution in [3.8, 4) is 5.75 Å². The van der Waals surface area contributed by atoms with Crippen LogP contribution in [-0.4, -0.2) is 55.8 Å². The average molecular weight is 325 g/mol. The van der Waals surface area contributed by atoms with Gasteiger partial charge in [-0.25, -0.2) is 0 Å². The highest BCUT2D eigenvalue weighted by Crippen LogP contribution is 2.28. The number of carbonyl (C=O) groups excluding carboxylic acids is 1. The molecular formula is C16H21ClN2O3. The van der Waals surface area contributed by atoms with E-state index in [2.05, 4.69) is 10.2 Å². The molecule has 120 valence electrons. The normalized spacial score (nSPS) is 22.3. The lowest BCUT2D eigenvalue weighted by Crippen LogP contribution is -2.48. The monoisotopic (exact) mass is 324 g/mol. The smallest absolute Gasteiger partial charge is 0.258 e. The second kappa shape index (κ2) is 7.31. The molecule has 1 heterocycles. The average Bonchev–Trinajstić information content (AvgIpc) is 3.37. The summed E-state index contributed by atoms with van der Waals surface area (Å²) in [6.07, 6.45) is 2.68. The minimum atomic E-state index is -0.137. The maximum Gasteiger partial charge on any atom is 0.258 e. The summed E-state index contributed by atoms with van der Waals surface area (Å²) in [5.74, 6) is 0.496. The van der Waals surface area contributed by atoms with Gasteiger partial charge in [0.2, 0.25) is 0 Å². The SMILES string of the molecule is O=C(COc1ccc(Cl)cc1)NC[C@H]1CN(C2CC2)CCO1. The van der Waals surface area contributed by atoms with E-state index >= 15 is 0 Å². The summed E-state index contributed by atoms with van der Waals surface area (Å²) in [7, 11) is 0. The van der Waals surface area contributed by atoms with Gasteiger partial charge in [-0.1, -0.05) is 11.6 Å². The van der Waals surface area contributed by atoms with Crippen LogP contribution in [0.2, 0.25) is 5.02 Å². The molecule has 6 heteroatoms. The Labute approximate surface area is 135 Å². The van der Waals surface area contributed by atoms with Crippen LogP contribution in [0.3, 0.4) is 0 Å². The summed E-state index contributed by atoms with van der Waals surface area (Å²) in [5.41, 5.74) is 0. The zero-order chi connectivity index (χ0) is 15.4. The number of hydrogen-bond acceptors (Lipinski definition) is 4. The quantitative estimate of drug-likeness (QED) is 0.865. The molecule has 5 nitrogen and oxygen atoms in total. The zero-order valence-corrected chi connectivity index (χ0v) is 13.2. The number of morpholine rings is 1. The second-order valence-electron chi connectivity index (χ2n) is 5.77. The fourth-order valence-electron chi connectivity index (χ4n) is 2.60. The van der Waals surface area contributed by atoms with Gasteiger partial charge < -0.3 is 14.8 Å². The van der Waals surface area contributed by atoms with Crippen molar-refractivity contribution in [2.45, 2.75) is 25.0 Å². The molecule has 1 aliphatic carbocycles. The van der Waals surface area contributed by atoms with E-state index in [0.717, 1.165) is 25.7 Å². The Morgan fingerprint density at radius 2 is 2.14 bits per heavy atom. The van der Waals surface area contributed by atoms with E-state index in [-0.39, 0.29) is 18.6 Å². The molecule has 0 aromatic heterocycles. The van der Waals surface area contributed by atoms with E-state index < -0.39 is 0 Å². The molecule has 0 spiro atoms. The number of halogens is 1. The van der Waals surface area contributed by atoms with Gasteiger partial charge in [0, 0.05) is 30.7 Å². The van der Waals surface area contributed by atoms with Crippen LogP contribution in [0.25, 0.3) is 0 Å². The minimum Gasteiger partial charge on any atom is -0.484 e. The van der Waals surface area contributed by atoms with Gasteiger partial charge in [0.15, 0.2) is 6.61 Å². The first-order valence-corrected chi connectivity index (χ1v) is 8.09. The zero-order valence-electron chi connectivity index (χ0n) is 12.5. The first-order valence-electron chi connectivity index (χ1n) is 7.71. The Kier molecular flexibility index (Phi) is 5.18. The molecule has 1 atom stereocenters. The molecule has 1 aliphatic heterocycles. The Morgan fingerprint density at radius 1 is 1.36 bits per heavy atom. The van der Waals surface area contributed by atoms with Crippen LogP contribution < -0.4 is 10.1 Å². The Balaban J connectivity index is 1.35. The third-order valence-electron chi connectivity index (χ3n) is 3.94. The fourth-order valence-corrected chi connectivity index (χ4v) is 2.72. The van der Waals surface area contributed by atoms with Gasteiger partial charge >= 0.3 is 0 Å². The lowest BCUT2D eigenvalue weighted by atomic mass is 10.2. The molecule has 1 aromatic carbocycles. The van der Waals surface area contributed by atoms with Crippen LogP contribution >= 0.6 is 11.6 Å². The molecule has 2 aliphatic rings. The van der Waals surface area contributed by atoms with Crippen molar-refractivity contribution < 1.29 is 14.3 Å². The van der Waals surface area contributed by atoms with Crippen molar-refractivity contribution >= 4 is 17.5 Å². The first-order chi connectivity index (χ1) is 10.7. The number of amides is 1. The predicted molar refractivity (Wildman–Crippen MR) is 84.3 cm³/mol. The van der Waals surface area contributed by atoms with Crippen molar-refractivity contribution in [1.29, 1.82) is 0 Å². The number of ether oxygens (including phenoxy) is 2. The van der Waals surface area contributed by atoms with Crippen molar-refractivity contribution in [3.05, 3.63) is 29.3 Å². The molecule has 0 unspecified atom stereocenters. The van der Waals surface area contributed by atoms with Crippen molar-refractivity contribution in [2.75, 3.05) is 32.8 Å². The van der Waals surface area contributed by atoms with Gasteiger partial charge in [0.05, 0.1) is 12.7 Å². The summed E-state index contributed by atoms with van der Waals surface area (Å²) in [6.45, 7) is 3.20. The molecule has 2 fully saturated rings. The van der Waals surface area contributed by atoms with E-state index in [4.69, 9.17) is 21.1 Å². The lowest BCUT2D eigenvalue weighted by Gasteiger charge is -2.33. The molecule has 3 rings (SSSR count). The second-order valence-corrected chi connectivity index (χ2v) is 6.20. The van der Waals surface area contributed by atoms with Crippen LogP contribution in [0.5, 0.6) is 5.75 Å². The molecule has 1 amide bonds. The Morgan fingerprint density at radius 3 is 2.86 bits per heavy atom. The summed E-state index contributed by atoms with van der Waals surface area (Å²) in [4.78, 5) is 14.3. The molecule has 22 heavy (non-hydrogen) atoms. The highest BCUT2D eigenvalue weighted by atomic mass is 35.5. The lowest BCUT2D eigenvalue weighted by molar-refractivity contribution is -0.124. The topological polar surface area (TPSA) is 50.8 Å². The van der Waals surface area contributed by atoms with Crippen LogP contribution in [0.1, 0.15) is 12.8 Å². The van der Waals surface area contributed by atoms with Crippen molar-refractivity contribution in [2.24, 2.45) is 0 Å². The number of hydrogen-bond donors (Lipinski definition) is 1. The minimum absolute atomic E-state index is 0.000686. The number of rotatable bonds is 6. The van der Waals surface area contributed by atoms with E-state index in [9.17, 15) is 4.79 Å². The van der Waals surface area contributed by atoms with Crippen LogP contribution in [0, 0.1) is 0 Å². The maximum absolute atomic E-state index is 11.8. The Hall–Kier alpha value is -1.30. The third-order valence-corrected chi connectivity index (χ3v) is 4.20. The summed E-state index contributed by atoms with van der Waals surface area (Å²) in [6, 6.07) is 7.70. The predicted octanol–water partition coefficient (Wildman–Crippen LogP) is 1.70. The van der Waals surface area contributed by atoms with Gasteiger partial charge in [-0.15, -0.1) is 0 Å². The van der Waals surface area contributed by atoms with Crippen LogP contribution in [-0.2, 0) is 9.53 Å². The fraction of sp³-hybridized carbons (Fsp3) is 0.562. The number of nitrogens with one attached hydrogen (secondary N) is 1. The molecule has 1 aromatic rings. The van der Waals surface area contributed by atoms with E-state index in [1.165, 1.54) is 12.8 Å². The number of carbonyl (C=O) groups is 1. The highest BCUT2D eigenvalue weighted by molar-refractivity contribution is 6.30.